The lowest BCUT2D eigenvalue weighted by Gasteiger charge is -2.18. The van der Waals surface area contributed by atoms with E-state index >= 15 is 0 Å². The SMILES string of the molecule is CCc1ccccc1C(C)C(C)O. The molecule has 1 aromatic carbocycles. The summed E-state index contributed by atoms with van der Waals surface area (Å²) in [5.74, 6) is 0.233. The van der Waals surface area contributed by atoms with Gasteiger partial charge >= 0.3 is 0 Å². The summed E-state index contributed by atoms with van der Waals surface area (Å²) in [6, 6.07) is 8.33. The molecule has 2 unspecified atom stereocenters. The lowest BCUT2D eigenvalue weighted by Crippen LogP contribution is -2.12. The van der Waals surface area contributed by atoms with Gasteiger partial charge in [0, 0.05) is 5.92 Å². The van der Waals surface area contributed by atoms with Crippen LogP contribution in [0.1, 0.15) is 37.8 Å². The molecule has 13 heavy (non-hydrogen) atoms. The second-order valence-electron chi connectivity index (χ2n) is 3.58. The Morgan fingerprint density at radius 1 is 1.23 bits per heavy atom. The van der Waals surface area contributed by atoms with Gasteiger partial charge in [-0.2, -0.15) is 0 Å². The summed E-state index contributed by atoms with van der Waals surface area (Å²) in [5.41, 5.74) is 2.62. The molecule has 0 aromatic heterocycles. The quantitative estimate of drug-likeness (QED) is 0.754. The topological polar surface area (TPSA) is 20.2 Å². The van der Waals surface area contributed by atoms with Gasteiger partial charge in [0.25, 0.3) is 0 Å². The van der Waals surface area contributed by atoms with Gasteiger partial charge in [-0.3, -0.25) is 0 Å². The summed E-state index contributed by atoms with van der Waals surface area (Å²) in [5, 5.41) is 9.49. The zero-order valence-electron chi connectivity index (χ0n) is 8.62. The third kappa shape index (κ3) is 2.31. The molecule has 0 aliphatic carbocycles. The van der Waals surface area contributed by atoms with Crippen molar-refractivity contribution in [3.63, 3.8) is 0 Å². The van der Waals surface area contributed by atoms with Gasteiger partial charge in [-0.05, 0) is 24.5 Å². The number of benzene rings is 1. The number of hydrogen-bond acceptors (Lipinski definition) is 1. The van der Waals surface area contributed by atoms with Crippen LogP contribution in [0.25, 0.3) is 0 Å². The van der Waals surface area contributed by atoms with Gasteiger partial charge in [0.05, 0.1) is 6.10 Å². The van der Waals surface area contributed by atoms with E-state index in [0.717, 1.165) is 6.42 Å². The highest BCUT2D eigenvalue weighted by Gasteiger charge is 2.13. The summed E-state index contributed by atoms with van der Waals surface area (Å²) >= 11 is 0. The summed E-state index contributed by atoms with van der Waals surface area (Å²) < 4.78 is 0. The first-order valence-electron chi connectivity index (χ1n) is 4.92. The fourth-order valence-electron chi connectivity index (χ4n) is 1.56. The van der Waals surface area contributed by atoms with E-state index in [1.165, 1.54) is 11.1 Å². The zero-order chi connectivity index (χ0) is 9.84. The maximum Gasteiger partial charge on any atom is 0.0578 e. The molecule has 0 aliphatic rings. The van der Waals surface area contributed by atoms with Gasteiger partial charge in [-0.15, -0.1) is 0 Å². The molecule has 0 bridgehead atoms. The molecule has 0 fully saturated rings. The molecular weight excluding hydrogens is 160 g/mol. The van der Waals surface area contributed by atoms with E-state index in [1.54, 1.807) is 0 Å². The number of aliphatic hydroxyl groups is 1. The molecule has 0 saturated carbocycles. The van der Waals surface area contributed by atoms with E-state index in [4.69, 9.17) is 0 Å². The molecule has 72 valence electrons. The molecule has 1 nitrogen and oxygen atoms in total. The van der Waals surface area contributed by atoms with Gasteiger partial charge < -0.3 is 5.11 Å². The molecule has 0 radical (unpaired) electrons. The molecule has 0 spiro atoms. The molecule has 0 saturated heterocycles. The highest BCUT2D eigenvalue weighted by atomic mass is 16.3. The fourth-order valence-corrected chi connectivity index (χ4v) is 1.56. The standard InChI is InChI=1S/C12H18O/c1-4-11-7-5-6-8-12(11)9(2)10(3)13/h5-10,13H,4H2,1-3H3. The van der Waals surface area contributed by atoms with Crippen molar-refractivity contribution in [2.45, 2.75) is 39.2 Å². The van der Waals surface area contributed by atoms with Crippen LogP contribution >= 0.6 is 0 Å². The van der Waals surface area contributed by atoms with E-state index in [2.05, 4.69) is 32.0 Å². The highest BCUT2D eigenvalue weighted by Crippen LogP contribution is 2.23. The average molecular weight is 178 g/mol. The largest absolute Gasteiger partial charge is 0.393 e. The minimum atomic E-state index is -0.271. The lowest BCUT2D eigenvalue weighted by atomic mass is 9.91. The normalized spacial score (nSPS) is 15.4. The Morgan fingerprint density at radius 3 is 2.38 bits per heavy atom. The van der Waals surface area contributed by atoms with Crippen LogP contribution in [0.5, 0.6) is 0 Å². The second-order valence-corrected chi connectivity index (χ2v) is 3.58. The molecule has 1 rings (SSSR count). The third-order valence-electron chi connectivity index (χ3n) is 2.65. The molecule has 0 amide bonds. The summed E-state index contributed by atoms with van der Waals surface area (Å²) in [4.78, 5) is 0. The number of aryl methyl sites for hydroxylation is 1. The Balaban J connectivity index is 2.98. The Kier molecular flexibility index (Phi) is 3.49. The van der Waals surface area contributed by atoms with Crippen LogP contribution in [0.4, 0.5) is 0 Å². The van der Waals surface area contributed by atoms with Gasteiger partial charge in [0.2, 0.25) is 0 Å². The van der Waals surface area contributed by atoms with Crippen LogP contribution in [0.2, 0.25) is 0 Å². The summed E-state index contributed by atoms with van der Waals surface area (Å²) in [6.45, 7) is 6.06. The van der Waals surface area contributed by atoms with Crippen LogP contribution in [-0.2, 0) is 6.42 Å². The van der Waals surface area contributed by atoms with Gasteiger partial charge in [-0.25, -0.2) is 0 Å². The maximum atomic E-state index is 9.49. The molecule has 1 heteroatoms. The minimum absolute atomic E-state index is 0.233. The Hall–Kier alpha value is -0.820. The Bertz CT molecular complexity index is 266. The zero-order valence-corrected chi connectivity index (χ0v) is 8.62. The first-order valence-corrected chi connectivity index (χ1v) is 4.92. The number of aliphatic hydroxyl groups excluding tert-OH is 1. The van der Waals surface area contributed by atoms with Gasteiger partial charge in [0.1, 0.15) is 0 Å². The Labute approximate surface area is 80.4 Å². The van der Waals surface area contributed by atoms with Crippen molar-refractivity contribution in [1.82, 2.24) is 0 Å². The molecular formula is C12H18O. The molecule has 1 aromatic rings. The number of rotatable bonds is 3. The second kappa shape index (κ2) is 4.43. The smallest absolute Gasteiger partial charge is 0.0578 e. The molecule has 0 heterocycles. The number of hydrogen-bond donors (Lipinski definition) is 1. The van der Waals surface area contributed by atoms with Crippen LogP contribution in [0, 0.1) is 0 Å². The first kappa shape index (κ1) is 10.3. The lowest BCUT2D eigenvalue weighted by molar-refractivity contribution is 0.168. The Morgan fingerprint density at radius 2 is 1.85 bits per heavy atom. The van der Waals surface area contributed by atoms with E-state index in [9.17, 15) is 5.11 Å². The van der Waals surface area contributed by atoms with Crippen molar-refractivity contribution in [3.8, 4) is 0 Å². The summed E-state index contributed by atoms with van der Waals surface area (Å²) in [6.07, 6.45) is 0.764. The maximum absolute atomic E-state index is 9.49. The van der Waals surface area contributed by atoms with Crippen molar-refractivity contribution in [2.75, 3.05) is 0 Å². The predicted molar refractivity (Wildman–Crippen MR) is 55.9 cm³/mol. The molecule has 0 aliphatic heterocycles. The van der Waals surface area contributed by atoms with Gasteiger partial charge in [0.15, 0.2) is 0 Å². The van der Waals surface area contributed by atoms with E-state index < -0.39 is 0 Å². The van der Waals surface area contributed by atoms with Crippen molar-refractivity contribution in [1.29, 1.82) is 0 Å². The van der Waals surface area contributed by atoms with Crippen molar-refractivity contribution >= 4 is 0 Å². The van der Waals surface area contributed by atoms with Crippen molar-refractivity contribution in [2.24, 2.45) is 0 Å². The highest BCUT2D eigenvalue weighted by molar-refractivity contribution is 5.30. The van der Waals surface area contributed by atoms with E-state index in [0.29, 0.717) is 0 Å². The monoisotopic (exact) mass is 178 g/mol. The van der Waals surface area contributed by atoms with Crippen LogP contribution in [0.15, 0.2) is 24.3 Å². The minimum Gasteiger partial charge on any atom is -0.393 e. The molecule has 1 N–H and O–H groups in total. The van der Waals surface area contributed by atoms with E-state index in [1.807, 2.05) is 13.0 Å². The predicted octanol–water partition coefficient (Wildman–Crippen LogP) is 2.73. The summed E-state index contributed by atoms with van der Waals surface area (Å²) in [7, 11) is 0. The van der Waals surface area contributed by atoms with Crippen LogP contribution < -0.4 is 0 Å². The van der Waals surface area contributed by atoms with Gasteiger partial charge in [-0.1, -0.05) is 38.1 Å². The van der Waals surface area contributed by atoms with Crippen LogP contribution in [0.3, 0.4) is 0 Å². The first-order chi connectivity index (χ1) is 6.16. The molecule has 2 atom stereocenters. The van der Waals surface area contributed by atoms with Crippen molar-refractivity contribution in [3.05, 3.63) is 35.4 Å². The average Bonchev–Trinajstić information content (AvgIpc) is 2.16. The van der Waals surface area contributed by atoms with Crippen LogP contribution in [-0.4, -0.2) is 11.2 Å². The van der Waals surface area contributed by atoms with E-state index in [-0.39, 0.29) is 12.0 Å². The van der Waals surface area contributed by atoms with Crippen molar-refractivity contribution < 1.29 is 5.11 Å². The fraction of sp³-hybridized carbons (Fsp3) is 0.500. The third-order valence-corrected chi connectivity index (χ3v) is 2.65.